The van der Waals surface area contributed by atoms with Crippen LogP contribution in [0.5, 0.6) is 11.5 Å². The van der Waals surface area contributed by atoms with Crippen LogP contribution in [-0.2, 0) is 5.41 Å². The topological polar surface area (TPSA) is 61.8 Å². The Labute approximate surface area is 354 Å². The van der Waals surface area contributed by atoms with Crippen molar-refractivity contribution in [2.45, 2.75) is 11.6 Å². The van der Waals surface area contributed by atoms with Crippen molar-refractivity contribution in [2.24, 2.45) is 9.98 Å². The van der Waals surface area contributed by atoms with E-state index in [-0.39, 0.29) is 6.17 Å². The third-order valence-electron chi connectivity index (χ3n) is 12.5. The van der Waals surface area contributed by atoms with Gasteiger partial charge in [-0.3, -0.25) is 0 Å². The summed E-state index contributed by atoms with van der Waals surface area (Å²) in [6.07, 6.45) is 1.62. The molecule has 5 heteroatoms. The molecule has 1 atom stereocenters. The number of aliphatic imine (C=N–C) groups is 2. The first-order valence-corrected chi connectivity index (χ1v) is 20.8. The number of aromatic nitrogens is 1. The molecule has 2 aliphatic heterocycles. The van der Waals surface area contributed by atoms with Gasteiger partial charge < -0.3 is 15.0 Å². The number of amidine groups is 2. The summed E-state index contributed by atoms with van der Waals surface area (Å²) < 4.78 is 6.59. The first kappa shape index (κ1) is 35.0. The maximum absolute atomic E-state index is 6.59. The zero-order valence-corrected chi connectivity index (χ0v) is 33.1. The maximum Gasteiger partial charge on any atom is 0.160 e. The van der Waals surface area contributed by atoms with Crippen LogP contribution < -0.4 is 10.1 Å². The van der Waals surface area contributed by atoms with Crippen LogP contribution in [0.4, 0.5) is 0 Å². The fraction of sp³-hybridized carbons (Fsp3) is 0.0357. The summed E-state index contributed by atoms with van der Waals surface area (Å²) in [5.74, 6) is 3.22. The van der Waals surface area contributed by atoms with Gasteiger partial charge in [-0.1, -0.05) is 182 Å². The highest BCUT2D eigenvalue weighted by Crippen LogP contribution is 2.62. The summed E-state index contributed by atoms with van der Waals surface area (Å²) >= 11 is 0. The van der Waals surface area contributed by atoms with E-state index in [9.17, 15) is 0 Å². The lowest BCUT2D eigenvalue weighted by molar-refractivity contribution is 0.436. The summed E-state index contributed by atoms with van der Waals surface area (Å²) in [5, 5.41) is 3.70. The van der Waals surface area contributed by atoms with Gasteiger partial charge in [-0.05, 0) is 79.9 Å². The van der Waals surface area contributed by atoms with Gasteiger partial charge in [-0.2, -0.15) is 0 Å². The highest BCUT2D eigenvalue weighted by atomic mass is 16.5. The van der Waals surface area contributed by atoms with Crippen molar-refractivity contribution in [3.05, 3.63) is 251 Å². The van der Waals surface area contributed by atoms with Crippen molar-refractivity contribution in [3.63, 3.8) is 0 Å². The van der Waals surface area contributed by atoms with E-state index < -0.39 is 5.41 Å². The van der Waals surface area contributed by atoms with Gasteiger partial charge in [0, 0.05) is 34.1 Å². The molecular weight excluding hydrogens is 745 g/mol. The largest absolute Gasteiger partial charge is 0.457 e. The fourth-order valence-electron chi connectivity index (χ4n) is 9.64. The van der Waals surface area contributed by atoms with E-state index in [0.717, 1.165) is 67.5 Å². The minimum atomic E-state index is -0.576. The van der Waals surface area contributed by atoms with Gasteiger partial charge in [-0.25, -0.2) is 9.98 Å². The first-order chi connectivity index (χ1) is 30.2. The third-order valence-corrected chi connectivity index (χ3v) is 12.5. The maximum atomic E-state index is 6.59. The Hall–Kier alpha value is -8.02. The average molecular weight is 783 g/mol. The molecule has 0 radical (unpaired) electrons. The molecule has 2 N–H and O–H groups in total. The minimum absolute atomic E-state index is 0.334. The Morgan fingerprint density at radius 2 is 0.951 bits per heavy atom. The molecule has 1 aliphatic carbocycles. The molecule has 0 saturated carbocycles. The average Bonchev–Trinajstić information content (AvgIpc) is 3.99. The van der Waals surface area contributed by atoms with Gasteiger partial charge in [-0.15, -0.1) is 0 Å². The van der Waals surface area contributed by atoms with Crippen LogP contribution in [-0.4, -0.2) is 16.7 Å². The second-order valence-corrected chi connectivity index (χ2v) is 15.8. The van der Waals surface area contributed by atoms with Gasteiger partial charge in [0.15, 0.2) is 5.84 Å². The molecule has 61 heavy (non-hydrogen) atoms. The molecule has 9 aromatic rings. The zero-order chi connectivity index (χ0) is 40.3. The minimum Gasteiger partial charge on any atom is -0.457 e. The van der Waals surface area contributed by atoms with Crippen LogP contribution in [0.25, 0.3) is 44.6 Å². The predicted octanol–water partition coefficient (Wildman–Crippen LogP) is 13.0. The van der Waals surface area contributed by atoms with E-state index in [4.69, 9.17) is 14.7 Å². The number of hydrogen-bond donors (Lipinski definition) is 2. The highest BCUT2D eigenvalue weighted by molar-refractivity contribution is 6.16. The number of hydrogen-bond acceptors (Lipinski definition) is 4. The Morgan fingerprint density at radius 3 is 1.57 bits per heavy atom. The summed E-state index contributed by atoms with van der Waals surface area (Å²) in [4.78, 5) is 14.0. The standard InChI is InChI=1S/C56H38N4O/c1-2-12-41(13-3-1)53-58-54(42-33-29-39(30-34-42)37-25-23-36(24-26-37)38-27-31-40(32-28-38)49-20-11-35-57-49)60-55(59-53)44-15-10-19-48-52(44)43-14-4-5-16-45(43)56(48)46-17-6-8-21-50(46)61-51-22-9-7-18-47(51)56/h1-35,53,57H,(H,58,59,60). The monoisotopic (exact) mass is 782 g/mol. The van der Waals surface area contributed by atoms with Crippen molar-refractivity contribution in [1.82, 2.24) is 10.3 Å². The molecule has 0 saturated heterocycles. The van der Waals surface area contributed by atoms with Gasteiger partial charge >= 0.3 is 0 Å². The fourth-order valence-corrected chi connectivity index (χ4v) is 9.64. The molecule has 3 aliphatic rings. The Kier molecular flexibility index (Phi) is 8.07. The third kappa shape index (κ3) is 5.62. The molecule has 12 rings (SSSR count). The molecule has 1 unspecified atom stereocenters. The number of fused-ring (bicyclic) bond motifs is 9. The van der Waals surface area contributed by atoms with Crippen molar-refractivity contribution >= 4 is 11.7 Å². The van der Waals surface area contributed by atoms with Gasteiger partial charge in [0.1, 0.15) is 23.5 Å². The SMILES string of the molecule is c1ccc(C2N=C(c3cccc4c3-c3ccccc3C43c4ccccc4Oc4ccccc43)N=C(c3ccc(-c4ccc(-c5ccc(-c6ccc[nH]6)cc5)cc4)cc3)N2)cc1. The molecule has 0 bridgehead atoms. The normalized spacial score (nSPS) is 15.3. The number of benzene rings is 8. The Morgan fingerprint density at radius 1 is 0.426 bits per heavy atom. The van der Waals surface area contributed by atoms with E-state index in [0.29, 0.717) is 5.84 Å². The van der Waals surface area contributed by atoms with Gasteiger partial charge in [0.05, 0.1) is 5.41 Å². The molecule has 1 spiro atoms. The molecule has 8 aromatic carbocycles. The number of nitrogens with one attached hydrogen (secondary N) is 2. The highest BCUT2D eigenvalue weighted by Gasteiger charge is 2.51. The molecule has 5 nitrogen and oxygen atoms in total. The first-order valence-electron chi connectivity index (χ1n) is 20.8. The number of rotatable bonds is 6. The molecule has 0 amide bonds. The number of aromatic amines is 1. The predicted molar refractivity (Wildman–Crippen MR) is 246 cm³/mol. The molecule has 1 aromatic heterocycles. The summed E-state index contributed by atoms with van der Waals surface area (Å²) in [6.45, 7) is 0. The lowest BCUT2D eigenvalue weighted by Gasteiger charge is -2.39. The summed E-state index contributed by atoms with van der Waals surface area (Å²) in [5.41, 5.74) is 16.5. The lowest BCUT2D eigenvalue weighted by Crippen LogP contribution is -2.34. The van der Waals surface area contributed by atoms with Crippen molar-refractivity contribution in [3.8, 4) is 56.1 Å². The van der Waals surface area contributed by atoms with Crippen LogP contribution in [0, 0.1) is 0 Å². The van der Waals surface area contributed by atoms with Crippen LogP contribution in [0.1, 0.15) is 45.1 Å². The second-order valence-electron chi connectivity index (χ2n) is 15.8. The van der Waals surface area contributed by atoms with E-state index in [2.05, 4.69) is 204 Å². The van der Waals surface area contributed by atoms with Gasteiger partial charge in [0.2, 0.25) is 0 Å². The van der Waals surface area contributed by atoms with Crippen molar-refractivity contribution in [1.29, 1.82) is 0 Å². The van der Waals surface area contributed by atoms with E-state index >= 15 is 0 Å². The quantitative estimate of drug-likeness (QED) is 0.176. The van der Waals surface area contributed by atoms with E-state index in [1.54, 1.807) is 0 Å². The molecule has 288 valence electrons. The second kappa shape index (κ2) is 14.1. The molecule has 0 fully saturated rings. The molecule has 3 heterocycles. The number of H-pyrrole nitrogens is 1. The van der Waals surface area contributed by atoms with Crippen molar-refractivity contribution in [2.75, 3.05) is 0 Å². The van der Waals surface area contributed by atoms with Gasteiger partial charge in [0.25, 0.3) is 0 Å². The zero-order valence-electron chi connectivity index (χ0n) is 33.1. The Bertz CT molecular complexity index is 3120. The summed E-state index contributed by atoms with van der Waals surface area (Å²) in [7, 11) is 0. The van der Waals surface area contributed by atoms with Crippen LogP contribution in [0.2, 0.25) is 0 Å². The lowest BCUT2D eigenvalue weighted by atomic mass is 9.66. The molecular formula is C56H38N4O. The number of para-hydroxylation sites is 2. The van der Waals surface area contributed by atoms with Crippen LogP contribution in [0.3, 0.4) is 0 Å². The van der Waals surface area contributed by atoms with Crippen LogP contribution in [0.15, 0.2) is 222 Å². The van der Waals surface area contributed by atoms with Crippen LogP contribution >= 0.6 is 0 Å². The number of nitrogens with zero attached hydrogens (tertiary/aromatic N) is 2. The Balaban J connectivity index is 0.937. The van der Waals surface area contributed by atoms with E-state index in [1.807, 2.05) is 18.3 Å². The number of ether oxygens (including phenoxy) is 1. The van der Waals surface area contributed by atoms with Crippen molar-refractivity contribution < 1.29 is 4.74 Å². The smallest absolute Gasteiger partial charge is 0.160 e. The summed E-state index contributed by atoms with van der Waals surface area (Å²) in [6, 6.07) is 73.1. The van der Waals surface area contributed by atoms with E-state index in [1.165, 1.54) is 33.4 Å².